The zero-order valence-electron chi connectivity index (χ0n) is 10.9. The van der Waals surface area contributed by atoms with Crippen molar-refractivity contribution < 1.29 is 13.6 Å². The Labute approximate surface area is 107 Å². The fraction of sp³-hybridized carbons (Fsp3) is 0.500. The Kier molecular flexibility index (Phi) is 5.92. The number of benzene rings is 1. The average molecular weight is 255 g/mol. The number of halogens is 2. The van der Waals surface area contributed by atoms with Crippen molar-refractivity contribution in [1.82, 2.24) is 4.90 Å². The number of nitrogens with zero attached hydrogens (tertiary/aromatic N) is 1. The predicted molar refractivity (Wildman–Crippen MR) is 67.5 cm³/mol. The van der Waals surface area contributed by atoms with Gasteiger partial charge in [-0.25, -0.2) is 8.78 Å². The second-order valence-electron chi connectivity index (χ2n) is 4.24. The third kappa shape index (κ3) is 4.53. The Morgan fingerprint density at radius 3 is 2.39 bits per heavy atom. The zero-order valence-corrected chi connectivity index (χ0v) is 10.9. The molecule has 1 rings (SSSR count). The number of carbonyl (C=O) groups excluding carboxylic acids is 1. The number of Topliss-reactive ketones (excluding diaryl/α,β-unsaturated/α-hetero) is 1. The van der Waals surface area contributed by atoms with Crippen LogP contribution in [0.15, 0.2) is 18.2 Å². The quantitative estimate of drug-likeness (QED) is 0.746. The van der Waals surface area contributed by atoms with Crippen molar-refractivity contribution in [2.75, 3.05) is 19.6 Å². The van der Waals surface area contributed by atoms with Gasteiger partial charge in [-0.15, -0.1) is 0 Å². The number of carbonyl (C=O) groups is 1. The molecule has 0 saturated carbocycles. The van der Waals surface area contributed by atoms with E-state index in [1.54, 1.807) is 0 Å². The average Bonchev–Trinajstić information content (AvgIpc) is 2.35. The monoisotopic (exact) mass is 255 g/mol. The van der Waals surface area contributed by atoms with Crippen LogP contribution in [0.25, 0.3) is 0 Å². The van der Waals surface area contributed by atoms with Gasteiger partial charge in [-0.2, -0.15) is 0 Å². The summed E-state index contributed by atoms with van der Waals surface area (Å²) in [5.74, 6) is -1.73. The highest BCUT2D eigenvalue weighted by molar-refractivity contribution is 5.81. The molecule has 4 heteroatoms. The summed E-state index contributed by atoms with van der Waals surface area (Å²) in [4.78, 5) is 13.9. The minimum atomic E-state index is -0.899. The minimum absolute atomic E-state index is 0.0490. The summed E-state index contributed by atoms with van der Waals surface area (Å²) in [5.41, 5.74) is 0.526. The number of hydrogen-bond acceptors (Lipinski definition) is 2. The molecular weight excluding hydrogens is 236 g/mol. The van der Waals surface area contributed by atoms with Crippen LogP contribution in [0.3, 0.4) is 0 Å². The molecule has 18 heavy (non-hydrogen) atoms. The molecular formula is C14H19F2NO. The van der Waals surface area contributed by atoms with Gasteiger partial charge in [-0.3, -0.25) is 4.79 Å². The van der Waals surface area contributed by atoms with Crippen molar-refractivity contribution >= 4 is 5.78 Å². The highest BCUT2D eigenvalue weighted by Gasteiger charge is 2.08. The van der Waals surface area contributed by atoms with Gasteiger partial charge in [-0.1, -0.05) is 19.9 Å². The lowest BCUT2D eigenvalue weighted by Gasteiger charge is -2.17. The first-order valence-corrected chi connectivity index (χ1v) is 6.24. The summed E-state index contributed by atoms with van der Waals surface area (Å²) < 4.78 is 25.7. The van der Waals surface area contributed by atoms with Crippen molar-refractivity contribution in [3.05, 3.63) is 35.4 Å². The zero-order chi connectivity index (χ0) is 13.5. The van der Waals surface area contributed by atoms with Gasteiger partial charge in [0.15, 0.2) is 11.6 Å². The molecule has 2 nitrogen and oxygen atoms in total. The SMILES string of the molecule is CCN(CC)CCC(=O)Cc1ccc(F)c(F)c1. The molecule has 0 unspecified atom stereocenters. The van der Waals surface area contributed by atoms with Crippen LogP contribution in [0, 0.1) is 11.6 Å². The van der Waals surface area contributed by atoms with Gasteiger partial charge in [0, 0.05) is 19.4 Å². The molecule has 0 spiro atoms. The van der Waals surface area contributed by atoms with E-state index in [4.69, 9.17) is 0 Å². The van der Waals surface area contributed by atoms with Gasteiger partial charge in [0.05, 0.1) is 0 Å². The summed E-state index contributed by atoms with van der Waals surface area (Å²) in [5, 5.41) is 0. The maximum Gasteiger partial charge on any atom is 0.159 e. The molecule has 0 heterocycles. The van der Waals surface area contributed by atoms with Gasteiger partial charge in [0.1, 0.15) is 5.78 Å². The molecule has 0 N–H and O–H groups in total. The standard InChI is InChI=1S/C14H19F2NO/c1-3-17(4-2)8-7-12(18)9-11-5-6-13(15)14(16)10-11/h5-6,10H,3-4,7-9H2,1-2H3. The Morgan fingerprint density at radius 2 is 1.83 bits per heavy atom. The first kappa shape index (κ1) is 14.8. The van der Waals surface area contributed by atoms with Gasteiger partial charge in [0.25, 0.3) is 0 Å². The number of rotatable bonds is 7. The summed E-state index contributed by atoms with van der Waals surface area (Å²) in [6, 6.07) is 3.60. The summed E-state index contributed by atoms with van der Waals surface area (Å²) in [7, 11) is 0. The topological polar surface area (TPSA) is 20.3 Å². The lowest BCUT2D eigenvalue weighted by Crippen LogP contribution is -2.26. The fourth-order valence-corrected chi connectivity index (χ4v) is 1.79. The Bertz CT molecular complexity index is 403. The summed E-state index contributed by atoms with van der Waals surface area (Å²) in [6.07, 6.45) is 0.610. The van der Waals surface area contributed by atoms with E-state index in [1.165, 1.54) is 6.07 Å². The van der Waals surface area contributed by atoms with Gasteiger partial charge in [0.2, 0.25) is 0 Å². The minimum Gasteiger partial charge on any atom is -0.303 e. The van der Waals surface area contributed by atoms with Crippen molar-refractivity contribution in [2.45, 2.75) is 26.7 Å². The molecule has 0 fully saturated rings. The molecule has 0 aliphatic rings. The molecule has 100 valence electrons. The fourth-order valence-electron chi connectivity index (χ4n) is 1.79. The second-order valence-corrected chi connectivity index (χ2v) is 4.24. The molecule has 0 aliphatic carbocycles. The number of ketones is 1. The van der Waals surface area contributed by atoms with Crippen molar-refractivity contribution in [3.63, 3.8) is 0 Å². The first-order valence-electron chi connectivity index (χ1n) is 6.24. The van der Waals surface area contributed by atoms with Crippen molar-refractivity contribution in [1.29, 1.82) is 0 Å². The smallest absolute Gasteiger partial charge is 0.159 e. The van der Waals surface area contributed by atoms with Crippen LogP contribution in [0.2, 0.25) is 0 Å². The van der Waals surface area contributed by atoms with Crippen LogP contribution in [0.1, 0.15) is 25.8 Å². The van der Waals surface area contributed by atoms with Crippen LogP contribution in [0.4, 0.5) is 8.78 Å². The number of hydrogen-bond donors (Lipinski definition) is 0. The molecule has 0 bridgehead atoms. The van der Waals surface area contributed by atoms with Crippen molar-refractivity contribution in [2.24, 2.45) is 0 Å². The summed E-state index contributed by atoms with van der Waals surface area (Å²) >= 11 is 0. The van der Waals surface area contributed by atoms with E-state index in [-0.39, 0.29) is 12.2 Å². The molecule has 0 amide bonds. The molecule has 0 radical (unpaired) electrons. The normalized spacial score (nSPS) is 10.9. The molecule has 1 aromatic rings. The molecule has 0 aromatic heterocycles. The second kappa shape index (κ2) is 7.21. The molecule has 0 saturated heterocycles. The maximum absolute atomic E-state index is 13.0. The third-order valence-electron chi connectivity index (χ3n) is 2.99. The highest BCUT2D eigenvalue weighted by atomic mass is 19.2. The van der Waals surface area contributed by atoms with E-state index in [2.05, 4.69) is 4.90 Å². The Hall–Kier alpha value is -1.29. The first-order chi connectivity index (χ1) is 8.56. The van der Waals surface area contributed by atoms with Crippen LogP contribution < -0.4 is 0 Å². The maximum atomic E-state index is 13.0. The van der Waals surface area contributed by atoms with Crippen LogP contribution in [-0.2, 0) is 11.2 Å². The van der Waals surface area contributed by atoms with E-state index >= 15 is 0 Å². The van der Waals surface area contributed by atoms with Crippen LogP contribution in [0.5, 0.6) is 0 Å². The molecule has 0 aliphatic heterocycles. The van der Waals surface area contributed by atoms with Crippen molar-refractivity contribution in [3.8, 4) is 0 Å². The third-order valence-corrected chi connectivity index (χ3v) is 2.99. The van der Waals surface area contributed by atoms with Crippen LogP contribution >= 0.6 is 0 Å². The van der Waals surface area contributed by atoms with Gasteiger partial charge >= 0.3 is 0 Å². The molecule has 1 aromatic carbocycles. The largest absolute Gasteiger partial charge is 0.303 e. The van der Waals surface area contributed by atoms with E-state index in [0.717, 1.165) is 31.8 Å². The van der Waals surface area contributed by atoms with E-state index in [1.807, 2.05) is 13.8 Å². The Balaban J connectivity index is 2.46. The lowest BCUT2D eigenvalue weighted by molar-refractivity contribution is -0.118. The highest BCUT2D eigenvalue weighted by Crippen LogP contribution is 2.10. The predicted octanol–water partition coefficient (Wildman–Crippen LogP) is 2.81. The summed E-state index contributed by atoms with van der Waals surface area (Å²) in [6.45, 7) is 6.63. The molecule has 0 atom stereocenters. The van der Waals surface area contributed by atoms with Gasteiger partial charge in [-0.05, 0) is 30.8 Å². The van der Waals surface area contributed by atoms with Gasteiger partial charge < -0.3 is 4.90 Å². The van der Waals surface area contributed by atoms with Crippen LogP contribution in [-0.4, -0.2) is 30.3 Å². The lowest BCUT2D eigenvalue weighted by atomic mass is 10.1. The van der Waals surface area contributed by atoms with E-state index < -0.39 is 11.6 Å². The van der Waals surface area contributed by atoms with E-state index in [0.29, 0.717) is 12.0 Å². The Morgan fingerprint density at radius 1 is 1.17 bits per heavy atom. The van der Waals surface area contributed by atoms with E-state index in [9.17, 15) is 13.6 Å².